The number of unbranched alkanes of at least 4 members (excludes halogenated alkanes) is 2. The molecule has 14 heteroatoms. The molecular formula is C27H36N6O8. The van der Waals surface area contributed by atoms with E-state index < -0.39 is 48.2 Å². The van der Waals surface area contributed by atoms with Crippen LogP contribution in [0.4, 0.5) is 5.69 Å². The Bertz CT molecular complexity index is 1160. The van der Waals surface area contributed by atoms with Crippen LogP contribution in [0.1, 0.15) is 51.5 Å². The number of imide groups is 1. The first kappa shape index (κ1) is 32.6. The quantitative estimate of drug-likeness (QED) is 0.106. The fourth-order valence-corrected chi connectivity index (χ4v) is 3.80. The van der Waals surface area contributed by atoms with Crippen molar-refractivity contribution in [1.82, 2.24) is 20.9 Å². The number of hydrogen-bond donors (Lipinski definition) is 6. The largest absolute Gasteiger partial charge is 0.392 e. The highest BCUT2D eigenvalue weighted by molar-refractivity contribution is 6.12. The average molecular weight is 573 g/mol. The molecule has 222 valence electrons. The van der Waals surface area contributed by atoms with Crippen LogP contribution in [0.3, 0.4) is 0 Å². The molecule has 3 atom stereocenters. The van der Waals surface area contributed by atoms with Gasteiger partial charge in [-0.3, -0.25) is 38.5 Å². The minimum Gasteiger partial charge on any atom is -0.392 e. The fourth-order valence-electron chi connectivity index (χ4n) is 3.80. The number of primary amides is 1. The summed E-state index contributed by atoms with van der Waals surface area (Å²) in [7, 11) is 0. The number of rotatable bonds is 16. The lowest BCUT2D eigenvalue weighted by molar-refractivity contribution is -0.137. The summed E-state index contributed by atoms with van der Waals surface area (Å²) in [5, 5.41) is 19.1. The number of benzene rings is 1. The third-order valence-electron chi connectivity index (χ3n) is 6.15. The highest BCUT2D eigenvalue weighted by atomic mass is 16.3. The Balaban J connectivity index is 1.77. The number of anilines is 1. The van der Waals surface area contributed by atoms with Crippen LogP contribution in [0.15, 0.2) is 36.4 Å². The smallest absolute Gasteiger partial charge is 0.253 e. The van der Waals surface area contributed by atoms with E-state index in [-0.39, 0.29) is 37.3 Å². The van der Waals surface area contributed by atoms with Gasteiger partial charge in [0.2, 0.25) is 29.5 Å². The molecule has 7 N–H and O–H groups in total. The van der Waals surface area contributed by atoms with E-state index in [2.05, 4.69) is 21.3 Å². The number of hydrogen-bond acceptors (Lipinski definition) is 8. The Labute approximate surface area is 237 Å². The second-order valence-electron chi connectivity index (χ2n) is 9.57. The summed E-state index contributed by atoms with van der Waals surface area (Å²) in [5.41, 5.74) is 6.23. The molecule has 1 aliphatic rings. The molecule has 0 saturated carbocycles. The maximum absolute atomic E-state index is 12.7. The van der Waals surface area contributed by atoms with Gasteiger partial charge in [0.05, 0.1) is 13.0 Å². The highest BCUT2D eigenvalue weighted by Crippen LogP contribution is 2.11. The topological polar surface area (TPSA) is 217 Å². The molecule has 0 fully saturated rings. The van der Waals surface area contributed by atoms with Gasteiger partial charge in [-0.05, 0) is 44.4 Å². The van der Waals surface area contributed by atoms with E-state index in [4.69, 9.17) is 10.8 Å². The van der Waals surface area contributed by atoms with E-state index in [1.807, 2.05) is 0 Å². The first-order valence-electron chi connectivity index (χ1n) is 13.1. The number of aliphatic hydroxyl groups excluding tert-OH is 1. The Morgan fingerprint density at radius 3 is 2.00 bits per heavy atom. The summed E-state index contributed by atoms with van der Waals surface area (Å²) in [4.78, 5) is 85.7. The molecule has 0 aromatic heterocycles. The molecule has 0 aliphatic carbocycles. The van der Waals surface area contributed by atoms with Crippen molar-refractivity contribution in [3.05, 3.63) is 42.0 Å². The molecule has 7 amide bonds. The molecule has 0 spiro atoms. The Kier molecular flexibility index (Phi) is 12.6. The first-order valence-corrected chi connectivity index (χ1v) is 13.1. The second kappa shape index (κ2) is 15.9. The van der Waals surface area contributed by atoms with Crippen LogP contribution in [-0.4, -0.2) is 76.0 Å². The van der Waals surface area contributed by atoms with Crippen molar-refractivity contribution in [2.45, 2.75) is 70.7 Å². The summed E-state index contributed by atoms with van der Waals surface area (Å²) < 4.78 is 0. The summed E-state index contributed by atoms with van der Waals surface area (Å²) in [6, 6.07) is 2.88. The molecule has 14 nitrogen and oxygen atoms in total. The predicted molar refractivity (Wildman–Crippen MR) is 146 cm³/mol. The van der Waals surface area contributed by atoms with Crippen LogP contribution < -0.4 is 27.0 Å². The normalized spacial score (nSPS) is 14.7. The average Bonchev–Trinajstić information content (AvgIpc) is 3.24. The standard InChI is InChI=1S/C27H36N6O8/c1-16(29-22(36)6-4-3-5-13-33-23(37)11-12-24(33)38)25(39)30-17(2)26(40)32-20(14-21(28)35)27(41)31-19-9-7-18(15-34)8-10-19/h7-12,16-17,20,34H,3-6,13-15H2,1-2H3,(H2,28,35)(H,29,36)(H,30,39)(H,31,41)(H,32,40)/t16-,17+,20-/m0/s1. The molecule has 0 radical (unpaired) electrons. The first-order chi connectivity index (χ1) is 19.4. The summed E-state index contributed by atoms with van der Waals surface area (Å²) >= 11 is 0. The van der Waals surface area contributed by atoms with Gasteiger partial charge in [0.25, 0.3) is 11.8 Å². The fraction of sp³-hybridized carbons (Fsp3) is 0.444. The van der Waals surface area contributed by atoms with Crippen LogP contribution in [0.5, 0.6) is 0 Å². The molecule has 1 aromatic carbocycles. The number of carbonyl (C=O) groups excluding carboxylic acids is 7. The van der Waals surface area contributed by atoms with Gasteiger partial charge in [0.15, 0.2) is 0 Å². The molecule has 1 aromatic rings. The third-order valence-corrected chi connectivity index (χ3v) is 6.15. The number of aliphatic hydroxyl groups is 1. The van der Waals surface area contributed by atoms with Crippen LogP contribution in [0, 0.1) is 0 Å². The molecule has 0 bridgehead atoms. The van der Waals surface area contributed by atoms with Crippen LogP contribution in [0.25, 0.3) is 0 Å². The third kappa shape index (κ3) is 10.8. The predicted octanol–water partition coefficient (Wildman–Crippen LogP) is -1.03. The minimum absolute atomic E-state index is 0.125. The Morgan fingerprint density at radius 2 is 1.41 bits per heavy atom. The molecular weight excluding hydrogens is 536 g/mol. The van der Waals surface area contributed by atoms with E-state index in [1.165, 1.54) is 26.0 Å². The second-order valence-corrected chi connectivity index (χ2v) is 9.57. The van der Waals surface area contributed by atoms with Gasteiger partial charge in [0.1, 0.15) is 18.1 Å². The number of nitrogens with one attached hydrogen (secondary N) is 4. The van der Waals surface area contributed by atoms with Gasteiger partial charge in [-0.15, -0.1) is 0 Å². The monoisotopic (exact) mass is 572 g/mol. The highest BCUT2D eigenvalue weighted by Gasteiger charge is 2.27. The summed E-state index contributed by atoms with van der Waals surface area (Å²) in [6.45, 7) is 2.91. The maximum Gasteiger partial charge on any atom is 0.253 e. The van der Waals surface area contributed by atoms with E-state index >= 15 is 0 Å². The molecule has 0 unspecified atom stereocenters. The van der Waals surface area contributed by atoms with Crippen molar-refractivity contribution in [2.75, 3.05) is 11.9 Å². The van der Waals surface area contributed by atoms with Gasteiger partial charge in [-0.1, -0.05) is 18.6 Å². The zero-order valence-electron chi connectivity index (χ0n) is 23.0. The van der Waals surface area contributed by atoms with Crippen molar-refractivity contribution < 1.29 is 38.7 Å². The van der Waals surface area contributed by atoms with Gasteiger partial charge >= 0.3 is 0 Å². The summed E-state index contributed by atoms with van der Waals surface area (Å²) in [6.07, 6.45) is 3.68. The molecule has 2 rings (SSSR count). The maximum atomic E-state index is 12.7. The summed E-state index contributed by atoms with van der Waals surface area (Å²) in [5.74, 6) is -4.02. The van der Waals surface area contributed by atoms with E-state index in [9.17, 15) is 33.6 Å². The van der Waals surface area contributed by atoms with Gasteiger partial charge in [0, 0.05) is 30.8 Å². The van der Waals surface area contributed by atoms with E-state index in [0.29, 0.717) is 30.5 Å². The van der Waals surface area contributed by atoms with Gasteiger partial charge in [-0.2, -0.15) is 0 Å². The van der Waals surface area contributed by atoms with E-state index in [1.54, 1.807) is 24.3 Å². The van der Waals surface area contributed by atoms with Crippen LogP contribution in [0.2, 0.25) is 0 Å². The lowest BCUT2D eigenvalue weighted by atomic mass is 10.1. The van der Waals surface area contributed by atoms with Crippen LogP contribution >= 0.6 is 0 Å². The van der Waals surface area contributed by atoms with E-state index in [0.717, 1.165) is 4.90 Å². The van der Waals surface area contributed by atoms with Crippen molar-refractivity contribution in [1.29, 1.82) is 0 Å². The number of amides is 7. The number of carbonyl (C=O) groups is 7. The zero-order valence-corrected chi connectivity index (χ0v) is 23.0. The van der Waals surface area contributed by atoms with Crippen LogP contribution in [-0.2, 0) is 40.2 Å². The number of nitrogens with zero attached hydrogens (tertiary/aromatic N) is 1. The minimum atomic E-state index is -1.31. The number of nitrogens with two attached hydrogens (primary N) is 1. The zero-order chi connectivity index (χ0) is 30.5. The van der Waals surface area contributed by atoms with Gasteiger partial charge < -0.3 is 32.1 Å². The van der Waals surface area contributed by atoms with Crippen molar-refractivity contribution >= 4 is 47.0 Å². The molecule has 1 heterocycles. The molecule has 1 aliphatic heterocycles. The van der Waals surface area contributed by atoms with Gasteiger partial charge in [-0.25, -0.2) is 0 Å². The Morgan fingerprint density at radius 1 is 0.829 bits per heavy atom. The molecule has 0 saturated heterocycles. The lowest BCUT2D eigenvalue weighted by Gasteiger charge is -2.22. The Hall–Kier alpha value is -4.59. The van der Waals surface area contributed by atoms with Crippen molar-refractivity contribution in [3.63, 3.8) is 0 Å². The SMILES string of the molecule is C[C@H](NC(=O)CCCCCN1C(=O)C=CC1=O)C(=O)N[C@H](C)C(=O)N[C@@H](CC(N)=O)C(=O)Nc1ccc(CO)cc1. The van der Waals surface area contributed by atoms with Crippen molar-refractivity contribution in [3.8, 4) is 0 Å². The lowest BCUT2D eigenvalue weighted by Crippen LogP contribution is -2.55. The molecule has 41 heavy (non-hydrogen) atoms. The van der Waals surface area contributed by atoms with Crippen molar-refractivity contribution in [2.24, 2.45) is 5.73 Å².